The molecule has 3 heterocycles. The van der Waals surface area contributed by atoms with Crippen LogP contribution in [0.2, 0.25) is 0 Å². The van der Waals surface area contributed by atoms with E-state index in [4.69, 9.17) is 4.74 Å². The van der Waals surface area contributed by atoms with Crippen LogP contribution in [-0.2, 0) is 11.2 Å². The molecular formula is C27H28N4O4. The molecular weight excluding hydrogens is 444 g/mol. The number of aliphatic hydroxyl groups excluding tert-OH is 1. The number of carbonyl (C=O) groups excluding carboxylic acids is 1. The van der Waals surface area contributed by atoms with Crippen LogP contribution in [0.3, 0.4) is 0 Å². The summed E-state index contributed by atoms with van der Waals surface area (Å²) in [4.78, 5) is 34.7. The van der Waals surface area contributed by atoms with E-state index in [1.165, 1.54) is 4.57 Å². The summed E-state index contributed by atoms with van der Waals surface area (Å²) >= 11 is 0. The standard InChI is InChI=1S/C27H28N4O4/c1-16(2)30-26(33)22-8-7-17(13-28-22)11-18-12-21-25(20-6-4-3-5-19(18)20)29-15-31(27(21)34)23-9-10-35-14-24(23)32/h3-8,12-13,15-16,23-24,32H,9-11,14H2,1-2H3,(H,30,33)/t23-,24-/m0/s1. The SMILES string of the molecule is CC(C)NC(=O)c1ccc(Cc2cc3c(=O)n([C@H]4CCOC[C@@H]4O)cnc3c3ccccc23)cn1. The van der Waals surface area contributed by atoms with Crippen molar-refractivity contribution >= 4 is 27.6 Å². The van der Waals surface area contributed by atoms with Gasteiger partial charge in [0.2, 0.25) is 0 Å². The first-order valence-electron chi connectivity index (χ1n) is 11.9. The van der Waals surface area contributed by atoms with Crippen LogP contribution in [0, 0.1) is 0 Å². The van der Waals surface area contributed by atoms with E-state index in [0.717, 1.165) is 21.9 Å². The average molecular weight is 473 g/mol. The van der Waals surface area contributed by atoms with Crippen LogP contribution < -0.4 is 10.9 Å². The van der Waals surface area contributed by atoms with E-state index in [9.17, 15) is 14.7 Å². The third-order valence-electron chi connectivity index (χ3n) is 6.40. The summed E-state index contributed by atoms with van der Waals surface area (Å²) in [5, 5.41) is 15.7. The second-order valence-electron chi connectivity index (χ2n) is 9.29. The molecule has 0 radical (unpaired) electrons. The number of benzene rings is 2. The summed E-state index contributed by atoms with van der Waals surface area (Å²) in [7, 11) is 0. The normalized spacial score (nSPS) is 18.3. The molecule has 1 aliphatic rings. The molecule has 0 aliphatic carbocycles. The summed E-state index contributed by atoms with van der Waals surface area (Å²) in [5.74, 6) is -0.204. The smallest absolute Gasteiger partial charge is 0.270 e. The van der Waals surface area contributed by atoms with Gasteiger partial charge < -0.3 is 15.2 Å². The summed E-state index contributed by atoms with van der Waals surface area (Å²) in [6.07, 6.45) is 3.59. The van der Waals surface area contributed by atoms with Crippen LogP contribution in [0.15, 0.2) is 59.8 Å². The number of rotatable bonds is 5. The van der Waals surface area contributed by atoms with Crippen LogP contribution >= 0.6 is 0 Å². The lowest BCUT2D eigenvalue weighted by Gasteiger charge is -2.29. The van der Waals surface area contributed by atoms with E-state index < -0.39 is 6.10 Å². The zero-order valence-electron chi connectivity index (χ0n) is 19.8. The predicted molar refractivity (Wildman–Crippen MR) is 134 cm³/mol. The van der Waals surface area contributed by atoms with Crippen molar-refractivity contribution in [3.8, 4) is 0 Å². The first-order valence-corrected chi connectivity index (χ1v) is 11.9. The number of aliphatic hydroxyl groups is 1. The van der Waals surface area contributed by atoms with E-state index in [1.54, 1.807) is 18.6 Å². The lowest BCUT2D eigenvalue weighted by atomic mass is 9.96. The van der Waals surface area contributed by atoms with Crippen LogP contribution in [0.25, 0.3) is 21.7 Å². The Bertz CT molecular complexity index is 1450. The molecule has 1 fully saturated rings. The molecule has 2 N–H and O–H groups in total. The maximum Gasteiger partial charge on any atom is 0.270 e. The van der Waals surface area contributed by atoms with Gasteiger partial charge in [0.15, 0.2) is 0 Å². The van der Waals surface area contributed by atoms with Crippen molar-refractivity contribution in [2.24, 2.45) is 0 Å². The Hall–Kier alpha value is -3.62. The molecule has 1 amide bonds. The third-order valence-corrected chi connectivity index (χ3v) is 6.40. The van der Waals surface area contributed by atoms with Crippen LogP contribution in [-0.4, -0.2) is 50.9 Å². The van der Waals surface area contributed by atoms with Gasteiger partial charge in [-0.2, -0.15) is 0 Å². The van der Waals surface area contributed by atoms with E-state index in [0.29, 0.717) is 36.0 Å². The highest BCUT2D eigenvalue weighted by atomic mass is 16.5. The molecule has 1 aliphatic heterocycles. The zero-order chi connectivity index (χ0) is 24.5. The van der Waals surface area contributed by atoms with Gasteiger partial charge in [-0.1, -0.05) is 30.3 Å². The maximum absolute atomic E-state index is 13.5. The van der Waals surface area contributed by atoms with E-state index >= 15 is 0 Å². The van der Waals surface area contributed by atoms with Gasteiger partial charge >= 0.3 is 0 Å². The third kappa shape index (κ3) is 4.54. The lowest BCUT2D eigenvalue weighted by molar-refractivity contribution is -0.0395. The van der Waals surface area contributed by atoms with Crippen LogP contribution in [0.1, 0.15) is 47.9 Å². The van der Waals surface area contributed by atoms with Gasteiger partial charge in [-0.25, -0.2) is 4.98 Å². The lowest BCUT2D eigenvalue weighted by Crippen LogP contribution is -2.39. The Morgan fingerprint density at radius 3 is 2.69 bits per heavy atom. The molecule has 1 saturated heterocycles. The molecule has 2 atom stereocenters. The Labute approximate surface area is 202 Å². The van der Waals surface area contributed by atoms with Gasteiger partial charge in [0, 0.05) is 24.2 Å². The number of pyridine rings is 1. The minimum Gasteiger partial charge on any atom is -0.389 e. The number of carbonyl (C=O) groups is 1. The molecule has 8 nitrogen and oxygen atoms in total. The highest BCUT2D eigenvalue weighted by Crippen LogP contribution is 2.28. The first kappa shape index (κ1) is 23.1. The molecule has 8 heteroatoms. The van der Waals surface area contributed by atoms with Gasteiger partial charge in [-0.3, -0.25) is 19.1 Å². The van der Waals surface area contributed by atoms with E-state index in [1.807, 2.05) is 50.2 Å². The molecule has 0 spiro atoms. The van der Waals surface area contributed by atoms with Gasteiger partial charge in [0.05, 0.1) is 36.0 Å². The van der Waals surface area contributed by atoms with Gasteiger partial charge in [0.25, 0.3) is 11.5 Å². The zero-order valence-corrected chi connectivity index (χ0v) is 19.8. The number of hydrogen-bond donors (Lipinski definition) is 2. The maximum atomic E-state index is 13.5. The molecule has 0 bridgehead atoms. The Morgan fingerprint density at radius 2 is 1.97 bits per heavy atom. The summed E-state index contributed by atoms with van der Waals surface area (Å²) in [5.41, 5.74) is 2.74. The van der Waals surface area contributed by atoms with Crippen molar-refractivity contribution in [2.45, 2.75) is 44.9 Å². The highest BCUT2D eigenvalue weighted by molar-refractivity contribution is 6.06. The summed E-state index contributed by atoms with van der Waals surface area (Å²) < 4.78 is 6.87. The molecule has 4 aromatic rings. The Balaban J connectivity index is 1.56. The molecule has 180 valence electrons. The Morgan fingerprint density at radius 1 is 1.17 bits per heavy atom. The number of amides is 1. The van der Waals surface area contributed by atoms with Crippen molar-refractivity contribution in [2.75, 3.05) is 13.2 Å². The number of aromatic nitrogens is 3. The minimum absolute atomic E-state index is 0.0350. The largest absolute Gasteiger partial charge is 0.389 e. The van der Waals surface area contributed by atoms with Gasteiger partial charge in [0.1, 0.15) is 5.69 Å². The van der Waals surface area contributed by atoms with Crippen LogP contribution in [0.4, 0.5) is 0 Å². The van der Waals surface area contributed by atoms with Crippen molar-refractivity contribution in [1.29, 1.82) is 0 Å². The number of nitrogens with zero attached hydrogens (tertiary/aromatic N) is 3. The molecule has 0 unspecified atom stereocenters. The van der Waals surface area contributed by atoms with Crippen molar-refractivity contribution in [1.82, 2.24) is 19.9 Å². The fourth-order valence-corrected chi connectivity index (χ4v) is 4.69. The number of fused-ring (bicyclic) bond motifs is 3. The van der Waals surface area contributed by atoms with Crippen molar-refractivity contribution in [3.05, 3.63) is 82.2 Å². The summed E-state index contributed by atoms with van der Waals surface area (Å²) in [6.45, 7) is 4.51. The monoisotopic (exact) mass is 472 g/mol. The molecule has 2 aromatic heterocycles. The second kappa shape index (κ2) is 9.56. The highest BCUT2D eigenvalue weighted by Gasteiger charge is 2.27. The van der Waals surface area contributed by atoms with Gasteiger partial charge in [-0.05, 0) is 55.3 Å². The number of hydrogen-bond acceptors (Lipinski definition) is 6. The molecule has 35 heavy (non-hydrogen) atoms. The van der Waals surface area contributed by atoms with E-state index in [-0.39, 0.29) is 30.2 Å². The summed E-state index contributed by atoms with van der Waals surface area (Å²) in [6, 6.07) is 13.1. The van der Waals surface area contributed by atoms with Crippen molar-refractivity contribution < 1.29 is 14.6 Å². The molecule has 2 aromatic carbocycles. The van der Waals surface area contributed by atoms with Gasteiger partial charge in [-0.15, -0.1) is 0 Å². The molecule has 0 saturated carbocycles. The van der Waals surface area contributed by atoms with E-state index in [2.05, 4.69) is 15.3 Å². The predicted octanol–water partition coefficient (Wildman–Crippen LogP) is 3.00. The topological polar surface area (TPSA) is 106 Å². The number of nitrogens with one attached hydrogen (secondary N) is 1. The fraction of sp³-hybridized carbons (Fsp3) is 0.333. The first-order chi connectivity index (χ1) is 16.9. The van der Waals surface area contributed by atoms with Crippen molar-refractivity contribution in [3.63, 3.8) is 0 Å². The number of ether oxygens (including phenoxy) is 1. The fourth-order valence-electron chi connectivity index (χ4n) is 4.69. The average Bonchev–Trinajstić information content (AvgIpc) is 2.85. The Kier molecular flexibility index (Phi) is 6.32. The van der Waals surface area contributed by atoms with Crippen LogP contribution in [0.5, 0.6) is 0 Å². The molecule has 5 rings (SSSR count). The quantitative estimate of drug-likeness (QED) is 0.433. The minimum atomic E-state index is -0.752. The second-order valence-corrected chi connectivity index (χ2v) is 9.29.